The molecule has 3 atom stereocenters. The largest absolute Gasteiger partial charge is 0.399 e. The van der Waals surface area contributed by atoms with Crippen LogP contribution in [-0.2, 0) is 4.74 Å². The number of nitrogen functional groups attached to an aromatic ring is 1. The first kappa shape index (κ1) is 14.3. The lowest BCUT2D eigenvalue weighted by Crippen LogP contribution is -2.50. The van der Waals surface area contributed by atoms with E-state index in [1.807, 2.05) is 12.1 Å². The van der Waals surface area contributed by atoms with E-state index in [1.165, 1.54) is 0 Å². The fourth-order valence-electron chi connectivity index (χ4n) is 2.29. The summed E-state index contributed by atoms with van der Waals surface area (Å²) in [6, 6.07) is 7.50. The molecule has 0 aromatic heterocycles. The molecule has 1 heterocycles. The number of aliphatic hydroxyl groups is 2. The standard InChI is InChI=1S/C14H22N2O3/c1-10-9-19-13(8-17)6-16(10)7-14(18)11-2-4-12(15)5-3-11/h2-5,10,13-14,17-18H,6-9,15H2,1H3. The predicted octanol–water partition coefficient (Wildman–Crippen LogP) is 0.384. The van der Waals surface area contributed by atoms with Gasteiger partial charge >= 0.3 is 0 Å². The fourth-order valence-corrected chi connectivity index (χ4v) is 2.29. The molecule has 1 aliphatic rings. The Labute approximate surface area is 113 Å². The van der Waals surface area contributed by atoms with Crippen molar-refractivity contribution in [1.29, 1.82) is 0 Å². The molecule has 3 unspecified atom stereocenters. The Kier molecular flexibility index (Phi) is 4.76. The highest BCUT2D eigenvalue weighted by Crippen LogP contribution is 2.19. The van der Waals surface area contributed by atoms with E-state index in [-0.39, 0.29) is 18.8 Å². The molecule has 2 rings (SSSR count). The van der Waals surface area contributed by atoms with Gasteiger partial charge < -0.3 is 20.7 Å². The highest BCUT2D eigenvalue weighted by molar-refractivity contribution is 5.39. The van der Waals surface area contributed by atoms with Gasteiger partial charge in [-0.25, -0.2) is 0 Å². The fraction of sp³-hybridized carbons (Fsp3) is 0.571. The van der Waals surface area contributed by atoms with E-state index in [4.69, 9.17) is 15.6 Å². The molecule has 0 saturated carbocycles. The van der Waals surface area contributed by atoms with E-state index in [2.05, 4.69) is 11.8 Å². The van der Waals surface area contributed by atoms with Crippen molar-refractivity contribution in [3.8, 4) is 0 Å². The number of hydrogen-bond donors (Lipinski definition) is 3. The lowest BCUT2D eigenvalue weighted by molar-refractivity contribution is -0.0869. The Morgan fingerprint density at radius 2 is 2.11 bits per heavy atom. The van der Waals surface area contributed by atoms with E-state index in [9.17, 15) is 5.11 Å². The summed E-state index contributed by atoms with van der Waals surface area (Å²) < 4.78 is 5.48. The Hall–Kier alpha value is -1.14. The topological polar surface area (TPSA) is 79.0 Å². The van der Waals surface area contributed by atoms with E-state index in [0.717, 1.165) is 5.56 Å². The van der Waals surface area contributed by atoms with Crippen molar-refractivity contribution in [2.75, 3.05) is 32.0 Å². The average molecular weight is 266 g/mol. The number of anilines is 1. The molecule has 1 aromatic carbocycles. The number of nitrogens with two attached hydrogens (primary N) is 1. The van der Waals surface area contributed by atoms with Crippen molar-refractivity contribution in [1.82, 2.24) is 4.90 Å². The zero-order valence-corrected chi connectivity index (χ0v) is 11.2. The first-order valence-electron chi connectivity index (χ1n) is 6.60. The Morgan fingerprint density at radius 3 is 2.74 bits per heavy atom. The van der Waals surface area contributed by atoms with Gasteiger partial charge in [-0.2, -0.15) is 0 Å². The number of morpholine rings is 1. The minimum atomic E-state index is -0.555. The Bertz CT molecular complexity index is 396. The summed E-state index contributed by atoms with van der Waals surface area (Å²) in [5.74, 6) is 0. The molecule has 5 nitrogen and oxygen atoms in total. The van der Waals surface area contributed by atoms with Gasteiger partial charge in [0.05, 0.1) is 25.4 Å². The molecular weight excluding hydrogens is 244 g/mol. The number of β-amino-alcohol motifs (C(OH)–C–C–N with tert-alkyl or cyclic N) is 1. The number of aliphatic hydroxyl groups excluding tert-OH is 2. The van der Waals surface area contributed by atoms with Gasteiger partial charge in [-0.15, -0.1) is 0 Å². The summed E-state index contributed by atoms with van der Waals surface area (Å²) in [6.45, 7) is 3.83. The minimum Gasteiger partial charge on any atom is -0.399 e. The van der Waals surface area contributed by atoms with Crippen LogP contribution in [0.5, 0.6) is 0 Å². The number of benzene rings is 1. The van der Waals surface area contributed by atoms with Crippen LogP contribution in [0.25, 0.3) is 0 Å². The van der Waals surface area contributed by atoms with Gasteiger partial charge in [0, 0.05) is 24.8 Å². The summed E-state index contributed by atoms with van der Waals surface area (Å²) in [5.41, 5.74) is 7.18. The van der Waals surface area contributed by atoms with Crippen molar-refractivity contribution < 1.29 is 14.9 Å². The molecule has 4 N–H and O–H groups in total. The molecular formula is C14H22N2O3. The molecule has 1 fully saturated rings. The molecule has 5 heteroatoms. The van der Waals surface area contributed by atoms with Crippen LogP contribution >= 0.6 is 0 Å². The number of nitrogens with zero attached hydrogens (tertiary/aromatic N) is 1. The second kappa shape index (κ2) is 6.34. The van der Waals surface area contributed by atoms with Crippen LogP contribution in [0, 0.1) is 0 Å². The zero-order valence-electron chi connectivity index (χ0n) is 11.2. The average Bonchev–Trinajstić information content (AvgIpc) is 2.42. The summed E-state index contributed by atoms with van der Waals surface area (Å²) in [4.78, 5) is 2.14. The SMILES string of the molecule is CC1COC(CO)CN1CC(O)c1ccc(N)cc1. The van der Waals surface area contributed by atoms with Gasteiger partial charge in [-0.3, -0.25) is 4.90 Å². The van der Waals surface area contributed by atoms with E-state index >= 15 is 0 Å². The third-order valence-corrected chi connectivity index (χ3v) is 3.57. The minimum absolute atomic E-state index is 0.0151. The van der Waals surface area contributed by atoms with Gasteiger partial charge in [0.2, 0.25) is 0 Å². The number of hydrogen-bond acceptors (Lipinski definition) is 5. The van der Waals surface area contributed by atoms with Crippen LogP contribution in [0.2, 0.25) is 0 Å². The van der Waals surface area contributed by atoms with Crippen LogP contribution in [0.4, 0.5) is 5.69 Å². The van der Waals surface area contributed by atoms with E-state index in [1.54, 1.807) is 12.1 Å². The molecule has 0 spiro atoms. The van der Waals surface area contributed by atoms with Crippen LogP contribution in [-0.4, -0.2) is 53.6 Å². The second-order valence-corrected chi connectivity index (χ2v) is 5.12. The zero-order chi connectivity index (χ0) is 13.8. The maximum atomic E-state index is 10.3. The lowest BCUT2D eigenvalue weighted by Gasteiger charge is -2.38. The van der Waals surface area contributed by atoms with Gasteiger partial charge in [-0.05, 0) is 24.6 Å². The predicted molar refractivity (Wildman–Crippen MR) is 73.7 cm³/mol. The van der Waals surface area contributed by atoms with Gasteiger partial charge in [0.15, 0.2) is 0 Å². The monoisotopic (exact) mass is 266 g/mol. The smallest absolute Gasteiger partial charge is 0.0933 e. The molecule has 19 heavy (non-hydrogen) atoms. The highest BCUT2D eigenvalue weighted by atomic mass is 16.5. The van der Waals surface area contributed by atoms with Crippen LogP contribution < -0.4 is 5.73 Å². The van der Waals surface area contributed by atoms with Crippen molar-refractivity contribution in [2.24, 2.45) is 0 Å². The summed E-state index contributed by atoms with van der Waals surface area (Å²) in [6.07, 6.45) is -0.713. The molecule has 0 bridgehead atoms. The van der Waals surface area contributed by atoms with Crippen molar-refractivity contribution in [2.45, 2.75) is 25.2 Å². The first-order chi connectivity index (χ1) is 9.10. The molecule has 0 amide bonds. The van der Waals surface area contributed by atoms with Crippen molar-refractivity contribution >= 4 is 5.69 Å². The molecule has 1 aromatic rings. The first-order valence-corrected chi connectivity index (χ1v) is 6.60. The third kappa shape index (κ3) is 3.67. The lowest BCUT2D eigenvalue weighted by atomic mass is 10.1. The molecule has 0 aliphatic carbocycles. The summed E-state index contributed by atoms with van der Waals surface area (Å²) in [5, 5.41) is 19.4. The van der Waals surface area contributed by atoms with Gasteiger partial charge in [-0.1, -0.05) is 12.1 Å². The van der Waals surface area contributed by atoms with Gasteiger partial charge in [0.1, 0.15) is 0 Å². The molecule has 106 valence electrons. The second-order valence-electron chi connectivity index (χ2n) is 5.12. The Morgan fingerprint density at radius 1 is 1.42 bits per heavy atom. The number of rotatable bonds is 4. The Balaban J connectivity index is 1.97. The van der Waals surface area contributed by atoms with Crippen molar-refractivity contribution in [3.63, 3.8) is 0 Å². The normalized spacial score (nSPS) is 26.3. The highest BCUT2D eigenvalue weighted by Gasteiger charge is 2.27. The van der Waals surface area contributed by atoms with Crippen LogP contribution in [0.3, 0.4) is 0 Å². The van der Waals surface area contributed by atoms with E-state index in [0.29, 0.717) is 25.4 Å². The third-order valence-electron chi connectivity index (χ3n) is 3.57. The van der Waals surface area contributed by atoms with Gasteiger partial charge in [0.25, 0.3) is 0 Å². The van der Waals surface area contributed by atoms with Crippen LogP contribution in [0.1, 0.15) is 18.6 Å². The maximum absolute atomic E-state index is 10.3. The molecule has 1 aliphatic heterocycles. The summed E-state index contributed by atoms with van der Waals surface area (Å²) in [7, 11) is 0. The van der Waals surface area contributed by atoms with Crippen molar-refractivity contribution in [3.05, 3.63) is 29.8 Å². The quantitative estimate of drug-likeness (QED) is 0.687. The van der Waals surface area contributed by atoms with Crippen LogP contribution in [0.15, 0.2) is 24.3 Å². The summed E-state index contributed by atoms with van der Waals surface area (Å²) >= 11 is 0. The molecule has 1 saturated heterocycles. The number of ether oxygens (including phenoxy) is 1. The maximum Gasteiger partial charge on any atom is 0.0933 e. The molecule has 0 radical (unpaired) electrons. The van der Waals surface area contributed by atoms with E-state index < -0.39 is 6.10 Å².